The molecular weight excluding hydrogens is 428 g/mol. The molecule has 1 aromatic heterocycles. The van der Waals surface area contributed by atoms with Gasteiger partial charge in [-0.15, -0.1) is 0 Å². The van der Waals surface area contributed by atoms with E-state index in [-0.39, 0.29) is 30.5 Å². The Kier molecular flexibility index (Phi) is 6.35. The molecule has 0 aliphatic carbocycles. The molecule has 146 valence electrons. The largest absolute Gasteiger partial charge is 0.356 e. The Balaban J connectivity index is 1.54. The van der Waals surface area contributed by atoms with Crippen LogP contribution in [-0.2, 0) is 14.4 Å². The SMILES string of the molecule is O=CC(CC1CCNC1=O)NC(=O)CNC(=O)c1ccc2ccc(Br)cc2n1. The average molecular weight is 447 g/mol. The van der Waals surface area contributed by atoms with Crippen molar-refractivity contribution in [2.45, 2.75) is 18.9 Å². The van der Waals surface area contributed by atoms with Gasteiger partial charge in [0.05, 0.1) is 18.1 Å². The Morgan fingerprint density at radius 1 is 1.32 bits per heavy atom. The molecule has 2 heterocycles. The summed E-state index contributed by atoms with van der Waals surface area (Å²) in [5.74, 6) is -1.39. The van der Waals surface area contributed by atoms with Crippen molar-refractivity contribution in [1.29, 1.82) is 0 Å². The molecule has 0 saturated carbocycles. The maximum absolute atomic E-state index is 12.3. The number of hydrogen-bond donors (Lipinski definition) is 3. The number of nitrogens with one attached hydrogen (secondary N) is 3. The molecule has 0 radical (unpaired) electrons. The van der Waals surface area contributed by atoms with Crippen molar-refractivity contribution >= 4 is 50.8 Å². The molecule has 3 amide bonds. The second-order valence-electron chi connectivity index (χ2n) is 6.54. The van der Waals surface area contributed by atoms with Crippen LogP contribution in [0.5, 0.6) is 0 Å². The second-order valence-corrected chi connectivity index (χ2v) is 7.45. The lowest BCUT2D eigenvalue weighted by atomic mass is 9.99. The van der Waals surface area contributed by atoms with Gasteiger partial charge in [0.15, 0.2) is 0 Å². The van der Waals surface area contributed by atoms with Crippen molar-refractivity contribution in [1.82, 2.24) is 20.9 Å². The van der Waals surface area contributed by atoms with Crippen LogP contribution in [0.1, 0.15) is 23.3 Å². The number of carbonyl (C=O) groups is 4. The first-order chi connectivity index (χ1) is 13.5. The Morgan fingerprint density at radius 2 is 2.11 bits per heavy atom. The lowest BCUT2D eigenvalue weighted by Gasteiger charge is -2.15. The lowest BCUT2D eigenvalue weighted by Crippen LogP contribution is -2.44. The van der Waals surface area contributed by atoms with Crippen LogP contribution in [-0.4, -0.2) is 48.1 Å². The first-order valence-electron chi connectivity index (χ1n) is 8.83. The quantitative estimate of drug-likeness (QED) is 0.547. The Morgan fingerprint density at radius 3 is 2.82 bits per heavy atom. The summed E-state index contributed by atoms with van der Waals surface area (Å²) in [6.07, 6.45) is 1.49. The minimum Gasteiger partial charge on any atom is -0.356 e. The maximum Gasteiger partial charge on any atom is 0.270 e. The Bertz CT molecular complexity index is 933. The topological polar surface area (TPSA) is 117 Å². The zero-order valence-corrected chi connectivity index (χ0v) is 16.5. The fourth-order valence-corrected chi connectivity index (χ4v) is 3.40. The molecule has 2 atom stereocenters. The summed E-state index contributed by atoms with van der Waals surface area (Å²) in [4.78, 5) is 51.4. The normalized spacial score (nSPS) is 17.0. The first-order valence-corrected chi connectivity index (χ1v) is 9.62. The molecule has 0 bridgehead atoms. The molecule has 0 spiro atoms. The van der Waals surface area contributed by atoms with Crippen LogP contribution in [0.15, 0.2) is 34.8 Å². The highest BCUT2D eigenvalue weighted by molar-refractivity contribution is 9.10. The number of amides is 3. The summed E-state index contributed by atoms with van der Waals surface area (Å²) in [5.41, 5.74) is 0.843. The van der Waals surface area contributed by atoms with Gasteiger partial charge in [0, 0.05) is 22.3 Å². The van der Waals surface area contributed by atoms with E-state index in [4.69, 9.17) is 0 Å². The highest BCUT2D eigenvalue weighted by Crippen LogP contribution is 2.18. The number of pyridine rings is 1. The molecule has 1 aliphatic heterocycles. The number of nitrogens with zero attached hydrogens (tertiary/aromatic N) is 1. The van der Waals surface area contributed by atoms with E-state index >= 15 is 0 Å². The van der Waals surface area contributed by atoms with Crippen LogP contribution in [0.2, 0.25) is 0 Å². The second kappa shape index (κ2) is 8.92. The van der Waals surface area contributed by atoms with E-state index in [1.54, 1.807) is 18.2 Å². The van der Waals surface area contributed by atoms with Crippen LogP contribution in [0, 0.1) is 5.92 Å². The molecule has 1 aliphatic rings. The van der Waals surface area contributed by atoms with Gasteiger partial charge in [-0.2, -0.15) is 0 Å². The minimum atomic E-state index is -0.769. The molecule has 1 fully saturated rings. The van der Waals surface area contributed by atoms with E-state index in [2.05, 4.69) is 36.9 Å². The number of aromatic nitrogens is 1. The van der Waals surface area contributed by atoms with Gasteiger partial charge in [0.25, 0.3) is 5.91 Å². The van der Waals surface area contributed by atoms with Gasteiger partial charge >= 0.3 is 0 Å². The number of halogens is 1. The smallest absolute Gasteiger partial charge is 0.270 e. The Hall–Kier alpha value is -2.81. The van der Waals surface area contributed by atoms with E-state index in [1.807, 2.05) is 12.1 Å². The van der Waals surface area contributed by atoms with Gasteiger partial charge in [-0.05, 0) is 31.0 Å². The summed E-state index contributed by atoms with van der Waals surface area (Å²) in [5, 5.41) is 8.60. The molecule has 2 unspecified atom stereocenters. The molecule has 9 heteroatoms. The van der Waals surface area contributed by atoms with Crippen molar-refractivity contribution in [3.63, 3.8) is 0 Å². The third kappa shape index (κ3) is 4.92. The molecule has 2 aromatic rings. The standard InChI is InChI=1S/C19H19BrN4O4/c20-13-3-1-11-2-4-15(24-16(11)8-13)19(28)22-9-17(26)23-14(10-25)7-12-5-6-21-18(12)27/h1-4,8,10,12,14H,5-7,9H2,(H,21,27)(H,22,28)(H,23,26). The van der Waals surface area contributed by atoms with Crippen LogP contribution in [0.25, 0.3) is 10.9 Å². The molecule has 1 aromatic carbocycles. The summed E-state index contributed by atoms with van der Waals surface area (Å²) < 4.78 is 0.847. The minimum absolute atomic E-state index is 0.108. The maximum atomic E-state index is 12.3. The summed E-state index contributed by atoms with van der Waals surface area (Å²) in [6.45, 7) is 0.284. The molecule has 3 rings (SSSR count). The molecular formula is C19H19BrN4O4. The zero-order valence-electron chi connectivity index (χ0n) is 14.9. The number of aldehydes is 1. The van der Waals surface area contributed by atoms with Crippen molar-refractivity contribution in [2.24, 2.45) is 5.92 Å². The van der Waals surface area contributed by atoms with Crippen molar-refractivity contribution < 1.29 is 19.2 Å². The van der Waals surface area contributed by atoms with E-state index < -0.39 is 17.9 Å². The van der Waals surface area contributed by atoms with Gasteiger partial charge in [0.1, 0.15) is 12.0 Å². The van der Waals surface area contributed by atoms with Gasteiger partial charge in [-0.3, -0.25) is 14.4 Å². The number of hydrogen-bond acceptors (Lipinski definition) is 5. The summed E-state index contributed by atoms with van der Waals surface area (Å²) in [7, 11) is 0. The number of rotatable bonds is 7. The number of benzene rings is 1. The fraction of sp³-hybridized carbons (Fsp3) is 0.316. The molecule has 28 heavy (non-hydrogen) atoms. The van der Waals surface area contributed by atoms with Crippen molar-refractivity contribution in [3.05, 3.63) is 40.5 Å². The van der Waals surface area contributed by atoms with E-state index in [0.29, 0.717) is 24.8 Å². The fourth-order valence-electron chi connectivity index (χ4n) is 3.05. The van der Waals surface area contributed by atoms with Gasteiger partial charge in [-0.25, -0.2) is 4.98 Å². The van der Waals surface area contributed by atoms with E-state index in [0.717, 1.165) is 9.86 Å². The first kappa shape index (κ1) is 19.9. The molecule has 3 N–H and O–H groups in total. The van der Waals surface area contributed by atoms with E-state index in [1.165, 1.54) is 0 Å². The number of fused-ring (bicyclic) bond motifs is 1. The average Bonchev–Trinajstić information content (AvgIpc) is 3.09. The van der Waals surface area contributed by atoms with Crippen molar-refractivity contribution in [2.75, 3.05) is 13.1 Å². The number of carbonyl (C=O) groups excluding carboxylic acids is 4. The lowest BCUT2D eigenvalue weighted by molar-refractivity contribution is -0.125. The molecule has 8 nitrogen and oxygen atoms in total. The van der Waals surface area contributed by atoms with Crippen LogP contribution < -0.4 is 16.0 Å². The summed E-state index contributed by atoms with van der Waals surface area (Å²) in [6, 6.07) is 8.15. The van der Waals surface area contributed by atoms with Crippen LogP contribution in [0.4, 0.5) is 0 Å². The van der Waals surface area contributed by atoms with Gasteiger partial charge in [-0.1, -0.05) is 28.1 Å². The zero-order chi connectivity index (χ0) is 20.1. The van der Waals surface area contributed by atoms with Crippen molar-refractivity contribution in [3.8, 4) is 0 Å². The third-order valence-electron chi connectivity index (χ3n) is 4.51. The monoisotopic (exact) mass is 446 g/mol. The van der Waals surface area contributed by atoms with Crippen LogP contribution >= 0.6 is 15.9 Å². The predicted molar refractivity (Wildman–Crippen MR) is 106 cm³/mol. The van der Waals surface area contributed by atoms with Gasteiger partial charge < -0.3 is 20.7 Å². The highest BCUT2D eigenvalue weighted by atomic mass is 79.9. The Labute approximate surface area is 169 Å². The third-order valence-corrected chi connectivity index (χ3v) is 5.00. The highest BCUT2D eigenvalue weighted by Gasteiger charge is 2.27. The van der Waals surface area contributed by atoms with Gasteiger partial charge in [0.2, 0.25) is 11.8 Å². The van der Waals surface area contributed by atoms with E-state index in [9.17, 15) is 19.2 Å². The molecule has 1 saturated heterocycles. The predicted octanol–water partition coefficient (Wildman–Crippen LogP) is 0.937. The summed E-state index contributed by atoms with van der Waals surface area (Å²) >= 11 is 3.36. The van der Waals surface area contributed by atoms with Crippen LogP contribution in [0.3, 0.4) is 0 Å².